The van der Waals surface area contributed by atoms with E-state index in [-0.39, 0.29) is 18.1 Å². The zero-order valence-corrected chi connectivity index (χ0v) is 12.0. The number of halogens is 1. The van der Waals surface area contributed by atoms with Crippen LogP contribution >= 0.6 is 0 Å². The first-order valence-corrected chi connectivity index (χ1v) is 6.54. The summed E-state index contributed by atoms with van der Waals surface area (Å²) in [6.45, 7) is 4.22. The minimum atomic E-state index is -0.275. The second-order valence-corrected chi connectivity index (χ2v) is 5.07. The Morgan fingerprint density at radius 1 is 1.10 bits per heavy atom. The Morgan fingerprint density at radius 2 is 1.75 bits per heavy atom. The molecule has 0 spiro atoms. The lowest BCUT2D eigenvalue weighted by molar-refractivity contribution is 0.1000. The fourth-order valence-corrected chi connectivity index (χ4v) is 2.21. The molecule has 0 atom stereocenters. The van der Waals surface area contributed by atoms with Crippen molar-refractivity contribution in [3.05, 3.63) is 65.0 Å². The fourth-order valence-electron chi connectivity index (χ4n) is 2.21. The molecular weight excluding hydrogens is 253 g/mol. The number of carbonyl (C=O) groups is 1. The van der Waals surface area contributed by atoms with Crippen LogP contribution in [0, 0.1) is 19.7 Å². The van der Waals surface area contributed by atoms with Crippen molar-refractivity contribution in [2.24, 2.45) is 0 Å². The Balaban J connectivity index is 2.13. The third-order valence-corrected chi connectivity index (χ3v) is 3.33. The van der Waals surface area contributed by atoms with Crippen molar-refractivity contribution in [2.45, 2.75) is 13.8 Å². The third-order valence-electron chi connectivity index (χ3n) is 3.33. The normalized spacial score (nSPS) is 10.4. The van der Waals surface area contributed by atoms with Gasteiger partial charge in [-0.2, -0.15) is 0 Å². The van der Waals surface area contributed by atoms with Crippen molar-refractivity contribution in [3.63, 3.8) is 0 Å². The second kappa shape index (κ2) is 5.87. The molecule has 2 nitrogen and oxygen atoms in total. The van der Waals surface area contributed by atoms with Gasteiger partial charge < -0.3 is 4.90 Å². The summed E-state index contributed by atoms with van der Waals surface area (Å²) in [6, 6.07) is 11.9. The quantitative estimate of drug-likeness (QED) is 0.789. The average molecular weight is 271 g/mol. The summed E-state index contributed by atoms with van der Waals surface area (Å²) in [5, 5.41) is 0. The van der Waals surface area contributed by atoms with E-state index in [4.69, 9.17) is 0 Å². The smallest absolute Gasteiger partial charge is 0.182 e. The summed E-state index contributed by atoms with van der Waals surface area (Å²) in [7, 11) is 1.83. The van der Waals surface area contributed by atoms with E-state index < -0.39 is 0 Å². The van der Waals surface area contributed by atoms with Gasteiger partial charge in [0.2, 0.25) is 0 Å². The van der Waals surface area contributed by atoms with E-state index in [0.717, 1.165) is 22.4 Å². The molecule has 0 radical (unpaired) electrons. The number of hydrogen-bond acceptors (Lipinski definition) is 2. The van der Waals surface area contributed by atoms with Gasteiger partial charge in [-0.15, -0.1) is 0 Å². The average Bonchev–Trinajstić information content (AvgIpc) is 2.39. The summed E-state index contributed by atoms with van der Waals surface area (Å²) in [5.74, 6) is -0.211. The molecule has 2 aromatic carbocycles. The SMILES string of the molecule is Cc1ccc(C(=O)CN(C)c2ccc(F)cc2)c(C)c1. The Bertz CT molecular complexity index is 619. The van der Waals surface area contributed by atoms with E-state index in [9.17, 15) is 9.18 Å². The number of benzene rings is 2. The van der Waals surface area contributed by atoms with Crippen LogP contribution in [0.4, 0.5) is 10.1 Å². The molecular formula is C17H18FNO. The Labute approximate surface area is 118 Å². The first-order chi connectivity index (χ1) is 9.47. The Kier molecular flexibility index (Phi) is 4.18. The third kappa shape index (κ3) is 3.23. The molecule has 0 bridgehead atoms. The lowest BCUT2D eigenvalue weighted by atomic mass is 10.0. The van der Waals surface area contributed by atoms with Crippen LogP contribution in [0.2, 0.25) is 0 Å². The van der Waals surface area contributed by atoms with E-state index in [1.807, 2.05) is 44.0 Å². The van der Waals surface area contributed by atoms with Crippen LogP contribution in [0.3, 0.4) is 0 Å². The van der Waals surface area contributed by atoms with Crippen LogP contribution in [0.1, 0.15) is 21.5 Å². The lowest BCUT2D eigenvalue weighted by Crippen LogP contribution is -2.26. The zero-order valence-electron chi connectivity index (χ0n) is 12.0. The van der Waals surface area contributed by atoms with Crippen LogP contribution in [0.5, 0.6) is 0 Å². The minimum absolute atomic E-state index is 0.0642. The minimum Gasteiger partial charge on any atom is -0.367 e. The molecule has 0 fully saturated rings. The van der Waals surface area contributed by atoms with E-state index in [1.54, 1.807) is 12.1 Å². The van der Waals surface area contributed by atoms with E-state index in [0.29, 0.717) is 0 Å². The number of nitrogens with zero attached hydrogens (tertiary/aromatic N) is 1. The van der Waals surface area contributed by atoms with E-state index in [2.05, 4.69) is 0 Å². The van der Waals surface area contributed by atoms with Gasteiger partial charge in [-0.05, 0) is 43.7 Å². The molecule has 0 aliphatic heterocycles. The highest BCUT2D eigenvalue weighted by Crippen LogP contribution is 2.16. The van der Waals surface area contributed by atoms with Gasteiger partial charge in [0.1, 0.15) is 5.82 Å². The van der Waals surface area contributed by atoms with Crippen molar-refractivity contribution in [1.29, 1.82) is 0 Å². The molecule has 20 heavy (non-hydrogen) atoms. The molecule has 0 heterocycles. The number of carbonyl (C=O) groups excluding carboxylic acids is 1. The van der Waals surface area contributed by atoms with Crippen molar-refractivity contribution in [3.8, 4) is 0 Å². The number of Topliss-reactive ketones (excluding diaryl/α,β-unsaturated/α-hetero) is 1. The zero-order chi connectivity index (χ0) is 14.7. The summed E-state index contributed by atoms with van der Waals surface area (Å²) in [5.41, 5.74) is 3.70. The number of likely N-dealkylation sites (N-methyl/N-ethyl adjacent to an activating group) is 1. The molecule has 2 aromatic rings. The van der Waals surface area contributed by atoms with Gasteiger partial charge in [0.15, 0.2) is 5.78 Å². The summed E-state index contributed by atoms with van der Waals surface area (Å²) < 4.78 is 12.9. The first kappa shape index (κ1) is 14.3. The van der Waals surface area contributed by atoms with Gasteiger partial charge in [-0.3, -0.25) is 4.79 Å². The highest BCUT2D eigenvalue weighted by atomic mass is 19.1. The molecule has 104 valence electrons. The number of rotatable bonds is 4. The molecule has 0 aromatic heterocycles. The van der Waals surface area contributed by atoms with E-state index in [1.165, 1.54) is 12.1 Å². The van der Waals surface area contributed by atoms with Gasteiger partial charge in [-0.1, -0.05) is 23.8 Å². The maximum atomic E-state index is 12.9. The summed E-state index contributed by atoms with van der Waals surface area (Å²) in [4.78, 5) is 14.1. The molecule has 0 amide bonds. The number of aryl methyl sites for hydroxylation is 2. The Morgan fingerprint density at radius 3 is 2.35 bits per heavy atom. The maximum Gasteiger partial charge on any atom is 0.182 e. The van der Waals surface area contributed by atoms with Gasteiger partial charge in [0.05, 0.1) is 6.54 Å². The fraction of sp³-hybridized carbons (Fsp3) is 0.235. The van der Waals surface area contributed by atoms with Crippen molar-refractivity contribution >= 4 is 11.5 Å². The molecule has 3 heteroatoms. The van der Waals surface area contributed by atoms with Gasteiger partial charge in [-0.25, -0.2) is 4.39 Å². The number of hydrogen-bond donors (Lipinski definition) is 0. The van der Waals surface area contributed by atoms with Crippen LogP contribution in [-0.2, 0) is 0 Å². The van der Waals surface area contributed by atoms with Crippen molar-refractivity contribution in [2.75, 3.05) is 18.5 Å². The molecule has 0 saturated carbocycles. The largest absolute Gasteiger partial charge is 0.367 e. The van der Waals surface area contributed by atoms with Crippen LogP contribution in [-0.4, -0.2) is 19.4 Å². The molecule has 0 aliphatic rings. The summed E-state index contributed by atoms with van der Waals surface area (Å²) in [6.07, 6.45) is 0. The van der Waals surface area contributed by atoms with Crippen molar-refractivity contribution in [1.82, 2.24) is 0 Å². The predicted molar refractivity (Wildman–Crippen MR) is 79.9 cm³/mol. The van der Waals surface area contributed by atoms with E-state index >= 15 is 0 Å². The second-order valence-electron chi connectivity index (χ2n) is 5.07. The number of anilines is 1. The highest BCUT2D eigenvalue weighted by Gasteiger charge is 2.12. The van der Waals surface area contributed by atoms with Crippen LogP contribution in [0.25, 0.3) is 0 Å². The monoisotopic (exact) mass is 271 g/mol. The first-order valence-electron chi connectivity index (χ1n) is 6.54. The Hall–Kier alpha value is -2.16. The molecule has 0 saturated heterocycles. The highest BCUT2D eigenvalue weighted by molar-refractivity contribution is 6.00. The van der Waals surface area contributed by atoms with Crippen LogP contribution < -0.4 is 4.90 Å². The van der Waals surface area contributed by atoms with Gasteiger partial charge in [0, 0.05) is 18.3 Å². The van der Waals surface area contributed by atoms with Crippen LogP contribution in [0.15, 0.2) is 42.5 Å². The molecule has 2 rings (SSSR count). The van der Waals surface area contributed by atoms with Gasteiger partial charge in [0.25, 0.3) is 0 Å². The molecule has 0 aliphatic carbocycles. The lowest BCUT2D eigenvalue weighted by Gasteiger charge is -2.19. The standard InChI is InChI=1S/C17H18FNO/c1-12-4-9-16(13(2)10-12)17(20)11-19(3)15-7-5-14(18)6-8-15/h4-10H,11H2,1-3H3. The summed E-state index contributed by atoms with van der Waals surface area (Å²) >= 11 is 0. The number of ketones is 1. The molecule has 0 unspecified atom stereocenters. The maximum absolute atomic E-state index is 12.9. The van der Waals surface area contributed by atoms with Gasteiger partial charge >= 0.3 is 0 Å². The molecule has 0 N–H and O–H groups in total. The predicted octanol–water partition coefficient (Wildman–Crippen LogP) is 3.76. The van der Waals surface area contributed by atoms with Crippen molar-refractivity contribution < 1.29 is 9.18 Å². The topological polar surface area (TPSA) is 20.3 Å².